The van der Waals surface area contributed by atoms with Crippen LogP contribution in [0.4, 0.5) is 0 Å². The summed E-state index contributed by atoms with van der Waals surface area (Å²) in [5, 5.41) is 0. The number of hydrogen-bond donors (Lipinski definition) is 0. The third-order valence-corrected chi connectivity index (χ3v) is 18.0. The molecule has 0 fully saturated rings. The molecule has 0 aromatic heterocycles. The fourth-order valence-corrected chi connectivity index (χ4v) is 11.6. The fraction of sp³-hybridized carbons (Fsp3) is 0.556. The summed E-state index contributed by atoms with van der Waals surface area (Å²) in [5.41, 5.74) is 15.4. The predicted molar refractivity (Wildman–Crippen MR) is 411 cm³/mol. The smallest absolute Gasteiger partial charge is 0.000723 e. The Kier molecular flexibility index (Phi) is 48.1. The maximum atomic E-state index is 2.45. The molecule has 0 nitrogen and oxygen atoms in total. The normalized spacial score (nSPS) is 14.7. The van der Waals surface area contributed by atoms with Gasteiger partial charge >= 0.3 is 0 Å². The molecule has 0 aliphatic carbocycles. The van der Waals surface area contributed by atoms with E-state index in [0.29, 0.717) is 17.8 Å². The lowest BCUT2D eigenvalue weighted by atomic mass is 9.87. The van der Waals surface area contributed by atoms with Crippen LogP contribution in [-0.2, 0) is 0 Å². The van der Waals surface area contributed by atoms with Crippen molar-refractivity contribution in [3.63, 3.8) is 0 Å². The third kappa shape index (κ3) is 46.8. The summed E-state index contributed by atoms with van der Waals surface area (Å²) in [7, 11) is 0. The molecule has 7 atom stereocenters. The minimum Gasteiger partial charge on any atom is -0.0856 e. The van der Waals surface area contributed by atoms with Gasteiger partial charge < -0.3 is 0 Å². The minimum absolute atomic E-state index is 0.459. The first kappa shape index (κ1) is 82.8. The van der Waals surface area contributed by atoms with Crippen LogP contribution in [0.25, 0.3) is 5.57 Å². The van der Waals surface area contributed by atoms with Gasteiger partial charge in [-0.05, 0) is 195 Å². The van der Waals surface area contributed by atoms with Gasteiger partial charge in [0.25, 0.3) is 0 Å². The van der Waals surface area contributed by atoms with E-state index in [9.17, 15) is 0 Å². The van der Waals surface area contributed by atoms with E-state index in [1.165, 1.54) is 164 Å². The van der Waals surface area contributed by atoms with E-state index < -0.39 is 0 Å². The second-order valence-corrected chi connectivity index (χ2v) is 29.2. The number of rotatable bonds is 38. The molecule has 0 saturated carbocycles. The molecule has 0 heterocycles. The molecule has 0 bridgehead atoms. The van der Waals surface area contributed by atoms with E-state index in [-0.39, 0.29) is 0 Å². The lowest BCUT2D eigenvalue weighted by Gasteiger charge is -2.19. The van der Waals surface area contributed by atoms with Crippen LogP contribution in [0, 0.1) is 35.5 Å². The van der Waals surface area contributed by atoms with Crippen LogP contribution in [0.15, 0.2) is 209 Å². The van der Waals surface area contributed by atoms with Crippen molar-refractivity contribution in [3.8, 4) is 0 Å². The molecule has 0 spiro atoms. The largest absolute Gasteiger partial charge is 0.0856 e. The summed E-state index contributed by atoms with van der Waals surface area (Å²) in [6.07, 6.45) is 48.4. The summed E-state index contributed by atoms with van der Waals surface area (Å²) >= 11 is 0. The molecular formula is C90H140. The van der Waals surface area contributed by atoms with Gasteiger partial charge in [-0.1, -0.05) is 369 Å². The second kappa shape index (κ2) is 52.3. The van der Waals surface area contributed by atoms with Gasteiger partial charge in [0.05, 0.1) is 0 Å². The third-order valence-electron chi connectivity index (χ3n) is 18.0. The molecule has 500 valence electrons. The van der Waals surface area contributed by atoms with Gasteiger partial charge in [0.15, 0.2) is 0 Å². The first-order valence-corrected chi connectivity index (χ1v) is 36.4. The monoisotopic (exact) mass is 1220 g/mol. The average Bonchev–Trinajstić information content (AvgIpc) is 3.17. The molecule has 0 heteroatoms. The lowest BCUT2D eigenvalue weighted by Crippen LogP contribution is -2.04. The van der Waals surface area contributed by atoms with Gasteiger partial charge in [0.1, 0.15) is 0 Å². The highest BCUT2D eigenvalue weighted by Gasteiger charge is 2.13. The van der Waals surface area contributed by atoms with Crippen LogP contribution in [0.3, 0.4) is 0 Å². The summed E-state index contributed by atoms with van der Waals surface area (Å²) in [5.74, 6) is 7.15. The van der Waals surface area contributed by atoms with E-state index in [2.05, 4.69) is 314 Å². The van der Waals surface area contributed by atoms with Gasteiger partial charge in [-0.2, -0.15) is 0 Å². The highest BCUT2D eigenvalue weighted by Crippen LogP contribution is 2.29. The van der Waals surface area contributed by atoms with Gasteiger partial charge in [-0.15, -0.1) is 0 Å². The molecule has 7 unspecified atom stereocenters. The summed E-state index contributed by atoms with van der Waals surface area (Å²) in [6, 6.07) is 43.2. The van der Waals surface area contributed by atoms with Crippen LogP contribution in [-0.4, -0.2) is 0 Å². The van der Waals surface area contributed by atoms with E-state index in [1.54, 1.807) is 0 Å². The van der Waals surface area contributed by atoms with Gasteiger partial charge in [-0.3, -0.25) is 0 Å². The van der Waals surface area contributed by atoms with Gasteiger partial charge in [-0.25, -0.2) is 0 Å². The van der Waals surface area contributed by atoms with E-state index in [1.807, 2.05) is 0 Å². The SMILES string of the molecule is CC(C)=CCC/C(C)=C/C/C=C(C)/C=C(\C)c1ccccc1.CC(C)=CCC/C(C)=C/C/C=C(C)/C=C/C(C)c1ccccc1.CC(C)CCCC(C)CCCC(C)CC(C)c1ccccc1.CC(C)CCCC(C)CCCC(C)CCC(C)c1ccccc1. The summed E-state index contributed by atoms with van der Waals surface area (Å²) in [6.45, 7) is 45.7. The van der Waals surface area contributed by atoms with Crippen molar-refractivity contribution in [2.45, 2.75) is 291 Å². The van der Waals surface area contributed by atoms with Crippen molar-refractivity contribution < 1.29 is 0 Å². The number of benzene rings is 4. The predicted octanol–water partition coefficient (Wildman–Crippen LogP) is 29.8. The van der Waals surface area contributed by atoms with Gasteiger partial charge in [0, 0.05) is 0 Å². The maximum absolute atomic E-state index is 2.45. The van der Waals surface area contributed by atoms with Crippen LogP contribution < -0.4 is 0 Å². The standard InChI is InChI=1S/C23H40.C23H32.C22H38.C22H30/c2*1-19(2)11-9-12-20(3)13-10-14-21(4)17-18-22(5)23-15-7-6-8-16-23;2*1-18(2)11-9-12-19(3)13-10-14-20(4)17-21(5)22-15-7-6-8-16-22/h6-8,15-16,19-22H,9-14,17-18H2,1-5H3;6-8,11,13-18,22H,9-10,12H2,1-5H3;6-8,15-16,18-21H,9-14,17H2,1-5H3;6-8,11,13-17H,9-10,12H2,1-5H3/b;18-17+,20-13+,21-14+;;19-13+,20-14+,21-17+. The Labute approximate surface area is 560 Å². The first-order valence-electron chi connectivity index (χ1n) is 36.4. The van der Waals surface area contributed by atoms with E-state index in [4.69, 9.17) is 0 Å². The zero-order chi connectivity index (χ0) is 66.9. The molecule has 4 rings (SSSR count). The van der Waals surface area contributed by atoms with Crippen molar-refractivity contribution in [3.05, 3.63) is 232 Å². The van der Waals surface area contributed by atoms with Crippen molar-refractivity contribution in [1.82, 2.24) is 0 Å². The molecule has 0 amide bonds. The summed E-state index contributed by atoms with van der Waals surface area (Å²) < 4.78 is 0. The van der Waals surface area contributed by atoms with Crippen molar-refractivity contribution in [1.29, 1.82) is 0 Å². The Morgan fingerprint density at radius 2 is 0.711 bits per heavy atom. The Bertz CT molecular complexity index is 2600. The molecule has 4 aromatic rings. The first-order chi connectivity index (χ1) is 42.9. The molecular weight excluding hydrogens is 1080 g/mol. The Morgan fingerprint density at radius 1 is 0.344 bits per heavy atom. The molecule has 0 aliphatic rings. The zero-order valence-corrected chi connectivity index (χ0v) is 62.3. The Balaban J connectivity index is 0.000000600. The summed E-state index contributed by atoms with van der Waals surface area (Å²) in [4.78, 5) is 0. The van der Waals surface area contributed by atoms with Crippen molar-refractivity contribution in [2.24, 2.45) is 35.5 Å². The Hall–Kier alpha value is -5.20. The van der Waals surface area contributed by atoms with E-state index in [0.717, 1.165) is 67.6 Å². The average molecular weight is 1220 g/mol. The van der Waals surface area contributed by atoms with Crippen LogP contribution in [0.1, 0.15) is 313 Å². The van der Waals surface area contributed by atoms with Crippen LogP contribution in [0.5, 0.6) is 0 Å². The highest BCUT2D eigenvalue weighted by atomic mass is 14.2. The highest BCUT2D eigenvalue weighted by molar-refractivity contribution is 5.66. The minimum atomic E-state index is 0.459. The van der Waals surface area contributed by atoms with E-state index >= 15 is 0 Å². The quantitative estimate of drug-likeness (QED) is 0.0310. The number of hydrogen-bond acceptors (Lipinski definition) is 0. The maximum Gasteiger partial charge on any atom is -0.000723 e. The van der Waals surface area contributed by atoms with Gasteiger partial charge in [0.2, 0.25) is 0 Å². The van der Waals surface area contributed by atoms with Crippen molar-refractivity contribution >= 4 is 5.57 Å². The molecule has 0 N–H and O–H groups in total. The van der Waals surface area contributed by atoms with Crippen LogP contribution in [0.2, 0.25) is 0 Å². The lowest BCUT2D eigenvalue weighted by molar-refractivity contribution is 0.383. The molecule has 0 radical (unpaired) electrons. The number of allylic oxidation sites excluding steroid dienone is 16. The second-order valence-electron chi connectivity index (χ2n) is 29.2. The zero-order valence-electron chi connectivity index (χ0n) is 62.3. The molecule has 4 aromatic carbocycles. The van der Waals surface area contributed by atoms with Crippen molar-refractivity contribution in [2.75, 3.05) is 0 Å². The molecule has 0 saturated heterocycles. The van der Waals surface area contributed by atoms with Crippen LogP contribution >= 0.6 is 0 Å². The topological polar surface area (TPSA) is 0 Å². The molecule has 0 aliphatic heterocycles. The Morgan fingerprint density at radius 3 is 1.13 bits per heavy atom. The fourth-order valence-electron chi connectivity index (χ4n) is 11.6. The molecule has 90 heavy (non-hydrogen) atoms.